The molecule has 2 aliphatic rings. The molecular weight excluding hydrogens is 539 g/mol. The second-order valence-electron chi connectivity index (χ2n) is 6.55. The van der Waals surface area contributed by atoms with E-state index < -0.39 is 44.9 Å². The van der Waals surface area contributed by atoms with Crippen molar-refractivity contribution in [2.24, 2.45) is 5.16 Å². The Bertz CT molecular complexity index is 1180. The van der Waals surface area contributed by atoms with Gasteiger partial charge in [0, 0.05) is 22.6 Å². The molecule has 0 saturated carbocycles. The van der Waals surface area contributed by atoms with Crippen LogP contribution >= 0.6 is 34.9 Å². The molecule has 3 heterocycles. The van der Waals surface area contributed by atoms with Crippen molar-refractivity contribution in [1.29, 1.82) is 0 Å². The van der Waals surface area contributed by atoms with Crippen LogP contribution in [-0.4, -0.2) is 77.0 Å². The largest absolute Gasteiger partial charge is 1.00 e. The molecule has 3 rings (SSSR count). The molecule has 2 aliphatic heterocycles. The Morgan fingerprint density at radius 3 is 2.76 bits per heavy atom. The quantitative estimate of drug-likeness (QED) is 0.0745. The fraction of sp³-hybridized carbons (Fsp3) is 0.312. The summed E-state index contributed by atoms with van der Waals surface area (Å²) < 4.78 is 24.4. The van der Waals surface area contributed by atoms with E-state index in [1.165, 1.54) is 28.6 Å². The fourth-order valence-electron chi connectivity index (χ4n) is 2.87. The molecule has 13 nitrogen and oxygen atoms in total. The molecule has 1 aromatic heterocycles. The van der Waals surface area contributed by atoms with E-state index in [1.54, 1.807) is 0 Å². The molecule has 2 atom stereocenters. The van der Waals surface area contributed by atoms with Gasteiger partial charge in [-0.15, -0.1) is 23.1 Å². The average Bonchev–Trinajstić information content (AvgIpc) is 3.16. The van der Waals surface area contributed by atoms with Crippen molar-refractivity contribution in [3.05, 3.63) is 33.2 Å². The standard InChI is InChI=1S/C16H18N6O7S4.Na/c1-33(28,29)18-3-2-4-30-8-6-31-14-10(13(24)22(14)11(8)15(25)26)20-12(23)9(21-27)7-5-32-16(17)19-7;/h2,4-5,10,14,18,27H,3,6H2,1H3,(H2,17,19)(H,20,23)(H,25,26);/q;+1/p-1/b4-2-,21-9-;/t10?,14-;/m1./s1. The van der Waals surface area contributed by atoms with Crippen LogP contribution < -0.4 is 50.4 Å². The Hall–Kier alpha value is -1.60. The van der Waals surface area contributed by atoms with Gasteiger partial charge in [-0.3, -0.25) is 14.5 Å². The fourth-order valence-corrected chi connectivity index (χ4v) is 6.14. The average molecular weight is 557 g/mol. The van der Waals surface area contributed by atoms with E-state index >= 15 is 0 Å². The van der Waals surface area contributed by atoms with Crippen molar-refractivity contribution >= 4 is 73.5 Å². The molecule has 34 heavy (non-hydrogen) atoms. The second kappa shape index (κ2) is 11.9. The zero-order valence-electron chi connectivity index (χ0n) is 17.7. The molecule has 1 unspecified atom stereocenters. The van der Waals surface area contributed by atoms with Gasteiger partial charge in [-0.25, -0.2) is 18.1 Å². The number of nitrogens with zero attached hydrogens (tertiary/aromatic N) is 3. The number of thiazole rings is 1. The number of carbonyl (C=O) groups excluding carboxylic acids is 3. The van der Waals surface area contributed by atoms with Gasteiger partial charge < -0.3 is 26.2 Å². The molecule has 5 N–H and O–H groups in total. The van der Waals surface area contributed by atoms with Crippen molar-refractivity contribution in [3.63, 3.8) is 0 Å². The first-order chi connectivity index (χ1) is 15.5. The number of oxime groups is 1. The summed E-state index contributed by atoms with van der Waals surface area (Å²) in [4.78, 5) is 42.1. The molecule has 178 valence electrons. The van der Waals surface area contributed by atoms with Crippen LogP contribution in [0.15, 0.2) is 32.6 Å². The number of carbonyl (C=O) groups is 3. The van der Waals surface area contributed by atoms with Crippen molar-refractivity contribution in [3.8, 4) is 0 Å². The molecule has 2 amide bonds. The van der Waals surface area contributed by atoms with Crippen LogP contribution in [0.4, 0.5) is 5.13 Å². The van der Waals surface area contributed by atoms with Crippen molar-refractivity contribution < 1.29 is 62.7 Å². The number of thioether (sulfide) groups is 2. The minimum atomic E-state index is -3.36. The van der Waals surface area contributed by atoms with Crippen molar-refractivity contribution in [2.75, 3.05) is 24.3 Å². The van der Waals surface area contributed by atoms with Crippen LogP contribution in [0, 0.1) is 0 Å². The number of nitrogens with two attached hydrogens (primary N) is 1. The van der Waals surface area contributed by atoms with E-state index in [2.05, 4.69) is 20.2 Å². The number of β-lactam (4-membered cyclic amide) rings is 1. The number of nitrogens with one attached hydrogen (secondary N) is 2. The van der Waals surface area contributed by atoms with Gasteiger partial charge >= 0.3 is 29.6 Å². The number of rotatable bonds is 9. The maximum absolute atomic E-state index is 12.7. The number of hydrogen-bond acceptors (Lipinski definition) is 13. The minimum absolute atomic E-state index is 0. The van der Waals surface area contributed by atoms with E-state index in [9.17, 15) is 33.1 Å². The predicted octanol–water partition coefficient (Wildman–Crippen LogP) is -4.93. The monoisotopic (exact) mass is 556 g/mol. The number of hydrogen-bond donors (Lipinski definition) is 4. The number of fused-ring (bicyclic) bond motifs is 1. The second-order valence-corrected chi connectivity index (χ2v) is 11.4. The number of anilines is 1. The SMILES string of the molecule is CS(=O)(=O)NC/C=C\SC1=C(C(=O)[O-])N2C(=O)C(NC(=O)/C(=N\O)c3csc(N)n3)[C@H]2SC1.[Na+]. The van der Waals surface area contributed by atoms with Gasteiger partial charge in [0.15, 0.2) is 10.8 Å². The van der Waals surface area contributed by atoms with E-state index in [0.29, 0.717) is 4.91 Å². The number of aliphatic carboxylic acids is 1. The molecule has 1 aromatic rings. The summed E-state index contributed by atoms with van der Waals surface area (Å²) in [6.07, 6.45) is 2.50. The number of sulfonamides is 1. The van der Waals surface area contributed by atoms with Crippen LogP contribution in [0.2, 0.25) is 0 Å². The van der Waals surface area contributed by atoms with E-state index in [-0.39, 0.29) is 58.4 Å². The summed E-state index contributed by atoms with van der Waals surface area (Å²) in [5, 5.41) is 28.6. The van der Waals surface area contributed by atoms with E-state index in [4.69, 9.17) is 5.73 Å². The first-order valence-electron chi connectivity index (χ1n) is 8.93. The molecule has 1 saturated heterocycles. The Labute approximate surface area is 228 Å². The van der Waals surface area contributed by atoms with Gasteiger partial charge in [-0.2, -0.15) is 0 Å². The number of aromatic nitrogens is 1. The van der Waals surface area contributed by atoms with Crippen LogP contribution in [-0.2, 0) is 24.4 Å². The Balaban J connectivity index is 0.00000408. The zero-order valence-corrected chi connectivity index (χ0v) is 23.0. The van der Waals surface area contributed by atoms with Crippen molar-refractivity contribution in [2.45, 2.75) is 11.4 Å². The summed E-state index contributed by atoms with van der Waals surface area (Å²) in [6.45, 7) is 0.0195. The molecule has 0 radical (unpaired) electrons. The van der Waals surface area contributed by atoms with E-state index in [0.717, 1.165) is 34.3 Å². The topological polar surface area (TPSA) is 207 Å². The van der Waals surface area contributed by atoms with Gasteiger partial charge in [0.05, 0.1) is 17.9 Å². The Morgan fingerprint density at radius 2 is 2.21 bits per heavy atom. The third-order valence-electron chi connectivity index (χ3n) is 4.26. The normalized spacial score (nSPS) is 20.6. The van der Waals surface area contributed by atoms with Gasteiger partial charge in [0.25, 0.3) is 11.8 Å². The first kappa shape index (κ1) is 28.6. The van der Waals surface area contributed by atoms with E-state index in [1.807, 2.05) is 0 Å². The zero-order chi connectivity index (χ0) is 24.3. The van der Waals surface area contributed by atoms with Gasteiger partial charge in [-0.1, -0.05) is 23.0 Å². The van der Waals surface area contributed by atoms with Crippen molar-refractivity contribution in [1.82, 2.24) is 19.9 Å². The molecule has 0 aliphatic carbocycles. The summed E-state index contributed by atoms with van der Waals surface area (Å²) in [5.74, 6) is -2.89. The van der Waals surface area contributed by atoms with Gasteiger partial charge in [0.2, 0.25) is 10.0 Å². The van der Waals surface area contributed by atoms with Crippen LogP contribution in [0.1, 0.15) is 5.69 Å². The number of nitrogen functional groups attached to an aromatic ring is 1. The molecule has 0 aromatic carbocycles. The third-order valence-corrected chi connectivity index (χ3v) is 8.04. The summed E-state index contributed by atoms with van der Waals surface area (Å²) in [5.41, 5.74) is 4.80. The predicted molar refractivity (Wildman–Crippen MR) is 121 cm³/mol. The molecule has 0 bridgehead atoms. The summed E-state index contributed by atoms with van der Waals surface area (Å²) in [6, 6.07) is -1.05. The number of amides is 2. The number of carboxylic acids is 1. The molecule has 1 fully saturated rings. The minimum Gasteiger partial charge on any atom is -0.543 e. The molecule has 18 heteroatoms. The Kier molecular flexibility index (Phi) is 10.0. The maximum atomic E-state index is 12.7. The summed E-state index contributed by atoms with van der Waals surface area (Å²) >= 11 is 3.27. The number of carboxylic acid groups (broad SMARTS) is 1. The first-order valence-corrected chi connectivity index (χ1v) is 13.6. The maximum Gasteiger partial charge on any atom is 1.00 e. The molecule has 0 spiro atoms. The third kappa shape index (κ3) is 6.54. The van der Waals surface area contributed by atoms with Crippen LogP contribution in [0.5, 0.6) is 0 Å². The van der Waals surface area contributed by atoms with Crippen LogP contribution in [0.25, 0.3) is 0 Å². The Morgan fingerprint density at radius 1 is 1.50 bits per heavy atom. The molecular formula is C16H17N6NaO7S4. The van der Waals surface area contributed by atoms with Gasteiger partial charge in [-0.05, 0) is 5.41 Å². The summed E-state index contributed by atoms with van der Waals surface area (Å²) in [7, 11) is -3.36. The van der Waals surface area contributed by atoms with Gasteiger partial charge in [0.1, 0.15) is 17.1 Å². The van der Waals surface area contributed by atoms with Crippen LogP contribution in [0.3, 0.4) is 0 Å². The smallest absolute Gasteiger partial charge is 0.543 e.